The average molecular weight is 444 g/mol. The van der Waals surface area contributed by atoms with Crippen LogP contribution in [0.3, 0.4) is 0 Å². The van der Waals surface area contributed by atoms with Crippen molar-refractivity contribution in [2.45, 2.75) is 12.1 Å². The molecule has 1 aromatic heterocycles. The van der Waals surface area contributed by atoms with E-state index < -0.39 is 0 Å². The van der Waals surface area contributed by atoms with E-state index in [0.29, 0.717) is 16.6 Å². The normalized spacial score (nSPS) is 10.5. The number of rotatable bonds is 6. The highest BCUT2D eigenvalue weighted by Crippen LogP contribution is 2.28. The van der Waals surface area contributed by atoms with Crippen molar-refractivity contribution in [2.75, 3.05) is 18.2 Å². The second-order valence-corrected chi connectivity index (χ2v) is 7.53. The van der Waals surface area contributed by atoms with Gasteiger partial charge in [0.1, 0.15) is 5.75 Å². The molecule has 0 radical (unpaired) electrons. The van der Waals surface area contributed by atoms with Crippen molar-refractivity contribution in [2.24, 2.45) is 0 Å². The number of aryl methyl sites for hydroxylation is 1. The fraction of sp³-hybridized carbons (Fsp3) is 0.150. The SMILES string of the molecule is COc1ccc(NC(=O)CSc2nc(C)cc(-c3ccccc3)n2)cc1Br. The molecule has 5 nitrogen and oxygen atoms in total. The van der Waals surface area contributed by atoms with Crippen LogP contribution in [0.2, 0.25) is 0 Å². The molecule has 0 saturated carbocycles. The van der Waals surface area contributed by atoms with Crippen molar-refractivity contribution < 1.29 is 9.53 Å². The molecule has 0 aliphatic rings. The van der Waals surface area contributed by atoms with E-state index in [9.17, 15) is 4.79 Å². The molecule has 138 valence electrons. The van der Waals surface area contributed by atoms with Gasteiger partial charge in [0.2, 0.25) is 5.91 Å². The lowest BCUT2D eigenvalue weighted by atomic mass is 10.1. The Bertz CT molecular complexity index is 951. The summed E-state index contributed by atoms with van der Waals surface area (Å²) < 4.78 is 5.97. The highest BCUT2D eigenvalue weighted by molar-refractivity contribution is 9.10. The van der Waals surface area contributed by atoms with E-state index in [2.05, 4.69) is 31.2 Å². The molecule has 0 unspecified atom stereocenters. The van der Waals surface area contributed by atoms with E-state index in [1.54, 1.807) is 25.3 Å². The van der Waals surface area contributed by atoms with Gasteiger partial charge in [0.05, 0.1) is 23.0 Å². The second-order valence-electron chi connectivity index (χ2n) is 5.73. The summed E-state index contributed by atoms with van der Waals surface area (Å²) in [4.78, 5) is 21.2. The van der Waals surface area contributed by atoms with Gasteiger partial charge in [-0.1, -0.05) is 42.1 Å². The van der Waals surface area contributed by atoms with Gasteiger partial charge in [-0.3, -0.25) is 4.79 Å². The first-order chi connectivity index (χ1) is 13.0. The van der Waals surface area contributed by atoms with E-state index >= 15 is 0 Å². The fourth-order valence-electron chi connectivity index (χ4n) is 2.43. The van der Waals surface area contributed by atoms with Gasteiger partial charge in [-0.15, -0.1) is 0 Å². The molecule has 0 aliphatic carbocycles. The van der Waals surface area contributed by atoms with Gasteiger partial charge >= 0.3 is 0 Å². The number of anilines is 1. The van der Waals surface area contributed by atoms with Crippen molar-refractivity contribution in [3.8, 4) is 17.0 Å². The van der Waals surface area contributed by atoms with Crippen molar-refractivity contribution in [3.05, 3.63) is 64.8 Å². The molecular formula is C20H18BrN3O2S. The monoisotopic (exact) mass is 443 g/mol. The summed E-state index contributed by atoms with van der Waals surface area (Å²) in [5.74, 6) is 0.814. The molecule has 27 heavy (non-hydrogen) atoms. The summed E-state index contributed by atoms with van der Waals surface area (Å²) in [6, 6.07) is 17.3. The number of benzene rings is 2. The topological polar surface area (TPSA) is 64.1 Å². The van der Waals surface area contributed by atoms with Gasteiger partial charge < -0.3 is 10.1 Å². The van der Waals surface area contributed by atoms with E-state index in [-0.39, 0.29) is 11.7 Å². The Labute approximate surface area is 170 Å². The number of thioether (sulfide) groups is 1. The molecule has 1 heterocycles. The van der Waals surface area contributed by atoms with Gasteiger partial charge in [-0.05, 0) is 47.1 Å². The van der Waals surface area contributed by atoms with Crippen molar-refractivity contribution in [1.29, 1.82) is 0 Å². The average Bonchev–Trinajstić information content (AvgIpc) is 2.67. The molecule has 0 spiro atoms. The van der Waals surface area contributed by atoms with E-state index in [0.717, 1.165) is 21.4 Å². The molecule has 0 bridgehead atoms. The van der Waals surface area contributed by atoms with Gasteiger partial charge in [0, 0.05) is 16.9 Å². The van der Waals surface area contributed by atoms with E-state index in [1.165, 1.54) is 11.8 Å². The first kappa shape index (κ1) is 19.4. The van der Waals surface area contributed by atoms with Crippen LogP contribution in [0.1, 0.15) is 5.69 Å². The van der Waals surface area contributed by atoms with Gasteiger partial charge in [0.15, 0.2) is 5.16 Å². The minimum absolute atomic E-state index is 0.122. The molecule has 0 aliphatic heterocycles. The zero-order chi connectivity index (χ0) is 19.2. The Morgan fingerprint density at radius 2 is 1.93 bits per heavy atom. The van der Waals surface area contributed by atoms with Gasteiger partial charge in [-0.25, -0.2) is 9.97 Å². The first-order valence-corrected chi connectivity index (χ1v) is 10.0. The number of hydrogen-bond donors (Lipinski definition) is 1. The number of halogens is 1. The fourth-order valence-corrected chi connectivity index (χ4v) is 3.68. The number of nitrogens with one attached hydrogen (secondary N) is 1. The number of nitrogens with zero attached hydrogens (tertiary/aromatic N) is 2. The molecular weight excluding hydrogens is 426 g/mol. The van der Waals surface area contributed by atoms with E-state index in [1.807, 2.05) is 43.3 Å². The van der Waals surface area contributed by atoms with Crippen LogP contribution in [0.4, 0.5) is 5.69 Å². The first-order valence-electron chi connectivity index (χ1n) is 8.22. The summed E-state index contributed by atoms with van der Waals surface area (Å²) >= 11 is 4.72. The minimum Gasteiger partial charge on any atom is -0.496 e. The maximum absolute atomic E-state index is 12.3. The van der Waals surface area contributed by atoms with Crippen LogP contribution in [0, 0.1) is 6.92 Å². The third-order valence-electron chi connectivity index (χ3n) is 3.67. The zero-order valence-electron chi connectivity index (χ0n) is 14.9. The Balaban J connectivity index is 1.65. The van der Waals surface area contributed by atoms with Crippen LogP contribution in [0.5, 0.6) is 5.75 Å². The lowest BCUT2D eigenvalue weighted by Gasteiger charge is -2.09. The number of amides is 1. The highest BCUT2D eigenvalue weighted by Gasteiger charge is 2.10. The Hall–Kier alpha value is -2.38. The van der Waals surface area contributed by atoms with Crippen LogP contribution < -0.4 is 10.1 Å². The smallest absolute Gasteiger partial charge is 0.234 e. The van der Waals surface area contributed by atoms with Crippen molar-refractivity contribution >= 4 is 39.3 Å². The molecule has 2 aromatic carbocycles. The molecule has 0 fully saturated rings. The van der Waals surface area contributed by atoms with E-state index in [4.69, 9.17) is 4.74 Å². The number of methoxy groups -OCH3 is 1. The molecule has 0 atom stereocenters. The summed E-state index contributed by atoms with van der Waals surface area (Å²) in [5.41, 5.74) is 3.44. The molecule has 3 rings (SSSR count). The summed E-state index contributed by atoms with van der Waals surface area (Å²) in [6.45, 7) is 1.92. The molecule has 7 heteroatoms. The largest absolute Gasteiger partial charge is 0.496 e. The van der Waals surface area contributed by atoms with Crippen molar-refractivity contribution in [1.82, 2.24) is 9.97 Å². The van der Waals surface area contributed by atoms with Crippen LogP contribution >= 0.6 is 27.7 Å². The highest BCUT2D eigenvalue weighted by atomic mass is 79.9. The molecule has 0 saturated heterocycles. The predicted molar refractivity (Wildman–Crippen MR) is 112 cm³/mol. The maximum atomic E-state index is 12.3. The number of carbonyl (C=O) groups is 1. The third-order valence-corrected chi connectivity index (χ3v) is 5.14. The van der Waals surface area contributed by atoms with Crippen LogP contribution in [0.25, 0.3) is 11.3 Å². The summed E-state index contributed by atoms with van der Waals surface area (Å²) in [7, 11) is 1.60. The quantitative estimate of drug-likeness (QED) is 0.431. The second kappa shape index (κ2) is 9.01. The third kappa shape index (κ3) is 5.30. The summed E-state index contributed by atoms with van der Waals surface area (Å²) in [5, 5.41) is 3.45. The minimum atomic E-state index is -0.122. The maximum Gasteiger partial charge on any atom is 0.234 e. The Kier molecular flexibility index (Phi) is 6.47. The lowest BCUT2D eigenvalue weighted by molar-refractivity contribution is -0.113. The predicted octanol–water partition coefficient (Wildman–Crippen LogP) is 4.95. The lowest BCUT2D eigenvalue weighted by Crippen LogP contribution is -2.14. The van der Waals surface area contributed by atoms with Crippen LogP contribution in [-0.2, 0) is 4.79 Å². The Morgan fingerprint density at radius 1 is 1.15 bits per heavy atom. The molecule has 1 amide bonds. The van der Waals surface area contributed by atoms with Crippen LogP contribution in [0.15, 0.2) is 64.2 Å². The Morgan fingerprint density at radius 3 is 2.63 bits per heavy atom. The standard InChI is InChI=1S/C20H18BrN3O2S/c1-13-10-17(14-6-4-3-5-7-14)24-20(22-13)27-12-19(25)23-15-8-9-18(26-2)16(21)11-15/h3-11H,12H2,1-2H3,(H,23,25). The number of aromatic nitrogens is 2. The molecule has 1 N–H and O–H groups in total. The molecule has 3 aromatic rings. The number of ether oxygens (including phenoxy) is 1. The summed E-state index contributed by atoms with van der Waals surface area (Å²) in [6.07, 6.45) is 0. The van der Waals surface area contributed by atoms with Gasteiger partial charge in [-0.2, -0.15) is 0 Å². The van der Waals surface area contributed by atoms with Crippen LogP contribution in [-0.4, -0.2) is 28.7 Å². The number of carbonyl (C=O) groups excluding carboxylic acids is 1. The van der Waals surface area contributed by atoms with Gasteiger partial charge in [0.25, 0.3) is 0 Å². The zero-order valence-corrected chi connectivity index (χ0v) is 17.3. The van der Waals surface area contributed by atoms with Crippen molar-refractivity contribution in [3.63, 3.8) is 0 Å². The number of hydrogen-bond acceptors (Lipinski definition) is 5.